The zero-order valence-corrected chi connectivity index (χ0v) is 15.4. The van der Waals surface area contributed by atoms with E-state index in [-0.39, 0.29) is 4.90 Å². The predicted molar refractivity (Wildman–Crippen MR) is 94.7 cm³/mol. The van der Waals surface area contributed by atoms with E-state index in [0.29, 0.717) is 20.9 Å². The normalized spacial score (nSPS) is 11.6. The molecule has 3 rings (SSSR count). The molecule has 0 aliphatic carbocycles. The van der Waals surface area contributed by atoms with Crippen LogP contribution in [-0.2, 0) is 14.8 Å². The number of nitrogens with zero attached hydrogens (tertiary/aromatic N) is 1. The summed E-state index contributed by atoms with van der Waals surface area (Å²) in [6.45, 7) is 1.90. The standard InChI is InChI=1S/C17H14BrNO4S/c1-11-3-6-13(7-4-11)24(21,22)19-10-15(18)14-9-12(17(20)23-2)5-8-16(14)19/h3-10H,1-2H3. The molecule has 0 spiro atoms. The van der Waals surface area contributed by atoms with Crippen molar-refractivity contribution in [3.8, 4) is 0 Å². The zero-order valence-electron chi connectivity index (χ0n) is 13.0. The Hall–Kier alpha value is -2.12. The first kappa shape index (κ1) is 16.7. The van der Waals surface area contributed by atoms with Gasteiger partial charge in [-0.05, 0) is 53.2 Å². The number of carbonyl (C=O) groups excluding carboxylic acids is 1. The lowest BCUT2D eigenvalue weighted by Gasteiger charge is -2.08. The molecule has 0 saturated carbocycles. The zero-order chi connectivity index (χ0) is 17.5. The van der Waals surface area contributed by atoms with E-state index < -0.39 is 16.0 Å². The lowest BCUT2D eigenvalue weighted by molar-refractivity contribution is 0.0601. The molecule has 124 valence electrons. The number of halogens is 1. The summed E-state index contributed by atoms with van der Waals surface area (Å²) < 4.78 is 32.3. The van der Waals surface area contributed by atoms with Gasteiger partial charge in [-0.25, -0.2) is 17.2 Å². The van der Waals surface area contributed by atoms with Crippen LogP contribution in [0.1, 0.15) is 15.9 Å². The molecule has 0 unspecified atom stereocenters. The summed E-state index contributed by atoms with van der Waals surface area (Å²) in [6, 6.07) is 11.4. The second-order valence-corrected chi connectivity index (χ2v) is 7.98. The molecule has 0 amide bonds. The number of fused-ring (bicyclic) bond motifs is 1. The van der Waals surface area contributed by atoms with Crippen molar-refractivity contribution in [1.82, 2.24) is 3.97 Å². The molecule has 0 saturated heterocycles. The summed E-state index contributed by atoms with van der Waals surface area (Å²) in [5.74, 6) is -0.474. The second kappa shape index (κ2) is 6.07. The summed E-state index contributed by atoms with van der Waals surface area (Å²) >= 11 is 3.36. The Kier molecular flexibility index (Phi) is 4.23. The summed E-state index contributed by atoms with van der Waals surface area (Å²) in [7, 11) is -2.43. The third kappa shape index (κ3) is 2.74. The van der Waals surface area contributed by atoms with Crippen LogP contribution in [0.4, 0.5) is 0 Å². The van der Waals surface area contributed by atoms with Crippen LogP contribution in [0.3, 0.4) is 0 Å². The molecule has 0 fully saturated rings. The summed E-state index contributed by atoms with van der Waals surface area (Å²) in [5, 5.41) is 0.619. The Bertz CT molecular complexity index is 1040. The molecule has 5 nitrogen and oxygen atoms in total. The molecular weight excluding hydrogens is 394 g/mol. The molecule has 0 N–H and O–H groups in total. The van der Waals surface area contributed by atoms with E-state index in [4.69, 9.17) is 4.74 Å². The maximum Gasteiger partial charge on any atom is 0.337 e. The van der Waals surface area contributed by atoms with Crippen molar-refractivity contribution in [1.29, 1.82) is 0 Å². The van der Waals surface area contributed by atoms with Crippen molar-refractivity contribution in [2.45, 2.75) is 11.8 Å². The van der Waals surface area contributed by atoms with Gasteiger partial charge in [0.05, 0.1) is 23.1 Å². The number of aromatic nitrogens is 1. The van der Waals surface area contributed by atoms with E-state index in [1.807, 2.05) is 6.92 Å². The van der Waals surface area contributed by atoms with Crippen molar-refractivity contribution >= 4 is 42.8 Å². The first-order valence-corrected chi connectivity index (χ1v) is 9.29. The monoisotopic (exact) mass is 407 g/mol. The highest BCUT2D eigenvalue weighted by molar-refractivity contribution is 9.10. The van der Waals surface area contributed by atoms with Crippen LogP contribution in [-0.4, -0.2) is 25.5 Å². The van der Waals surface area contributed by atoms with Crippen LogP contribution < -0.4 is 0 Å². The van der Waals surface area contributed by atoms with Crippen molar-refractivity contribution in [2.24, 2.45) is 0 Å². The Morgan fingerprint density at radius 2 is 1.79 bits per heavy atom. The van der Waals surface area contributed by atoms with Crippen molar-refractivity contribution in [3.05, 3.63) is 64.3 Å². The van der Waals surface area contributed by atoms with Crippen LogP contribution in [0.25, 0.3) is 10.9 Å². The van der Waals surface area contributed by atoms with Gasteiger partial charge in [0.2, 0.25) is 0 Å². The minimum Gasteiger partial charge on any atom is -0.465 e. The van der Waals surface area contributed by atoms with E-state index in [9.17, 15) is 13.2 Å². The molecule has 1 heterocycles. The molecule has 1 aromatic heterocycles. The van der Waals surface area contributed by atoms with Gasteiger partial charge in [0.15, 0.2) is 0 Å². The molecule has 0 radical (unpaired) electrons. The molecule has 0 atom stereocenters. The fourth-order valence-electron chi connectivity index (χ4n) is 2.43. The van der Waals surface area contributed by atoms with E-state index in [0.717, 1.165) is 5.56 Å². The minimum absolute atomic E-state index is 0.203. The second-order valence-electron chi connectivity index (χ2n) is 5.31. The Labute approximate surface area is 148 Å². The van der Waals surface area contributed by atoms with Crippen LogP contribution >= 0.6 is 15.9 Å². The van der Waals surface area contributed by atoms with Crippen molar-refractivity contribution in [2.75, 3.05) is 7.11 Å². The first-order chi connectivity index (χ1) is 11.3. The number of aryl methyl sites for hydroxylation is 1. The molecule has 0 aliphatic rings. The van der Waals surface area contributed by atoms with Gasteiger partial charge in [-0.15, -0.1) is 0 Å². The molecule has 7 heteroatoms. The SMILES string of the molecule is COC(=O)c1ccc2c(c1)c(Br)cn2S(=O)(=O)c1ccc(C)cc1. The molecule has 0 bridgehead atoms. The predicted octanol–water partition coefficient (Wildman–Crippen LogP) is 3.74. The van der Waals surface area contributed by atoms with E-state index in [1.54, 1.807) is 42.5 Å². The van der Waals surface area contributed by atoms with Gasteiger partial charge in [-0.1, -0.05) is 17.7 Å². The van der Waals surface area contributed by atoms with Crippen LogP contribution in [0.5, 0.6) is 0 Å². The Morgan fingerprint density at radius 3 is 2.42 bits per heavy atom. The molecule has 2 aromatic carbocycles. The quantitative estimate of drug-likeness (QED) is 0.620. The lowest BCUT2D eigenvalue weighted by Crippen LogP contribution is -2.11. The summed E-state index contributed by atoms with van der Waals surface area (Å²) in [5.41, 5.74) is 1.82. The van der Waals surface area contributed by atoms with E-state index in [1.165, 1.54) is 17.3 Å². The van der Waals surface area contributed by atoms with Crippen molar-refractivity contribution in [3.63, 3.8) is 0 Å². The average Bonchev–Trinajstić information content (AvgIpc) is 2.91. The minimum atomic E-state index is -3.73. The third-order valence-electron chi connectivity index (χ3n) is 3.72. The van der Waals surface area contributed by atoms with Gasteiger partial charge in [0, 0.05) is 16.1 Å². The first-order valence-electron chi connectivity index (χ1n) is 7.06. The lowest BCUT2D eigenvalue weighted by atomic mass is 10.1. The topological polar surface area (TPSA) is 65.4 Å². The fourth-order valence-corrected chi connectivity index (χ4v) is 4.46. The average molecular weight is 408 g/mol. The maximum atomic E-state index is 12.9. The van der Waals surface area contributed by atoms with Gasteiger partial charge in [0.1, 0.15) is 0 Å². The number of methoxy groups -OCH3 is 1. The smallest absolute Gasteiger partial charge is 0.337 e. The summed E-state index contributed by atoms with van der Waals surface area (Å²) in [6.07, 6.45) is 1.49. The van der Waals surface area contributed by atoms with E-state index >= 15 is 0 Å². The van der Waals surface area contributed by atoms with Gasteiger partial charge < -0.3 is 4.74 Å². The highest BCUT2D eigenvalue weighted by Gasteiger charge is 2.21. The highest BCUT2D eigenvalue weighted by atomic mass is 79.9. The number of hydrogen-bond donors (Lipinski definition) is 0. The van der Waals surface area contributed by atoms with Crippen LogP contribution in [0, 0.1) is 6.92 Å². The Balaban J connectivity index is 2.20. The van der Waals surface area contributed by atoms with Crippen LogP contribution in [0.2, 0.25) is 0 Å². The van der Waals surface area contributed by atoms with Crippen LogP contribution in [0.15, 0.2) is 58.0 Å². The Morgan fingerprint density at radius 1 is 1.12 bits per heavy atom. The van der Waals surface area contributed by atoms with Gasteiger partial charge in [-0.2, -0.15) is 0 Å². The van der Waals surface area contributed by atoms with Gasteiger partial charge in [0.25, 0.3) is 10.0 Å². The molecule has 0 aliphatic heterocycles. The third-order valence-corrected chi connectivity index (χ3v) is 6.04. The molecule has 24 heavy (non-hydrogen) atoms. The molecule has 3 aromatic rings. The maximum absolute atomic E-state index is 12.9. The van der Waals surface area contributed by atoms with Crippen molar-refractivity contribution < 1.29 is 17.9 Å². The number of ether oxygens (including phenoxy) is 1. The highest BCUT2D eigenvalue weighted by Crippen LogP contribution is 2.30. The number of rotatable bonds is 3. The number of benzene rings is 2. The molecular formula is C17H14BrNO4S. The van der Waals surface area contributed by atoms with Gasteiger partial charge >= 0.3 is 5.97 Å². The van der Waals surface area contributed by atoms with Gasteiger partial charge in [-0.3, -0.25) is 0 Å². The van der Waals surface area contributed by atoms with E-state index in [2.05, 4.69) is 15.9 Å². The largest absolute Gasteiger partial charge is 0.465 e. The number of esters is 1. The number of carbonyl (C=O) groups is 1. The summed E-state index contributed by atoms with van der Waals surface area (Å²) in [4.78, 5) is 11.9. The fraction of sp³-hybridized carbons (Fsp3) is 0.118. The number of hydrogen-bond acceptors (Lipinski definition) is 4.